The number of anilines is 1. The van der Waals surface area contributed by atoms with E-state index >= 15 is 0 Å². The average molecular weight is 444 g/mol. The molecule has 4 rings (SSSR count). The van der Waals surface area contributed by atoms with Gasteiger partial charge in [-0.3, -0.25) is 14.5 Å². The molecule has 5 N–H and O–H groups in total. The second-order valence-corrected chi connectivity index (χ2v) is 7.70. The first-order valence-corrected chi connectivity index (χ1v) is 10.6. The van der Waals surface area contributed by atoms with Crippen LogP contribution in [0.4, 0.5) is 5.82 Å². The number of carbonyl (C=O) groups is 2. The number of nitrogen functional groups attached to an aromatic ring is 1. The summed E-state index contributed by atoms with van der Waals surface area (Å²) < 4.78 is 1.29. The molecule has 0 spiro atoms. The van der Waals surface area contributed by atoms with Gasteiger partial charge in [0, 0.05) is 17.3 Å². The summed E-state index contributed by atoms with van der Waals surface area (Å²) >= 11 is 0. The Labute approximate surface area is 191 Å². The maximum atomic E-state index is 12.5. The van der Waals surface area contributed by atoms with Crippen LogP contribution in [-0.4, -0.2) is 44.4 Å². The normalized spacial score (nSPS) is 15.6. The fraction of sp³-hybridized carbons (Fsp3) is 0.250. The highest BCUT2D eigenvalue weighted by molar-refractivity contribution is 6.04. The number of nitrogens with two attached hydrogens (primary N) is 2. The Balaban J connectivity index is 1.63. The van der Waals surface area contributed by atoms with E-state index in [-0.39, 0.29) is 17.6 Å². The number of aromatic nitrogens is 3. The lowest BCUT2D eigenvalue weighted by molar-refractivity contribution is 0.0991. The van der Waals surface area contributed by atoms with Gasteiger partial charge in [0.2, 0.25) is 0 Å². The van der Waals surface area contributed by atoms with Gasteiger partial charge in [0.05, 0.1) is 12.6 Å². The molecule has 1 fully saturated rings. The van der Waals surface area contributed by atoms with Crippen LogP contribution in [0.1, 0.15) is 52.5 Å². The Hall–Kier alpha value is -4.16. The molecular weight excluding hydrogens is 418 g/mol. The third-order valence-electron chi connectivity index (χ3n) is 5.62. The number of carbonyl (C=O) groups excluding carboxylic acids is 2. The number of likely N-dealkylation sites (tertiary alicyclic amines) is 1. The molecule has 1 saturated heterocycles. The summed E-state index contributed by atoms with van der Waals surface area (Å²) in [6.45, 7) is 3.29. The molecule has 1 aliphatic rings. The van der Waals surface area contributed by atoms with E-state index < -0.39 is 5.91 Å². The zero-order chi connectivity index (χ0) is 23.4. The van der Waals surface area contributed by atoms with Gasteiger partial charge in [0.25, 0.3) is 11.8 Å². The van der Waals surface area contributed by atoms with Crippen molar-refractivity contribution in [1.82, 2.24) is 19.5 Å². The fourth-order valence-electron chi connectivity index (χ4n) is 4.01. The molecular formula is C24H25N7O2. The Bertz CT molecular complexity index is 1220. The molecule has 0 saturated carbocycles. The van der Waals surface area contributed by atoms with Crippen LogP contribution in [0.25, 0.3) is 11.3 Å². The minimum absolute atomic E-state index is 0.0499. The second kappa shape index (κ2) is 9.54. The van der Waals surface area contributed by atoms with Gasteiger partial charge in [-0.15, -0.1) is 5.92 Å². The van der Waals surface area contributed by atoms with Crippen LogP contribution in [0.15, 0.2) is 48.7 Å². The lowest BCUT2D eigenvalue weighted by Gasteiger charge is -2.21. The van der Waals surface area contributed by atoms with Crippen molar-refractivity contribution in [2.24, 2.45) is 5.73 Å². The second-order valence-electron chi connectivity index (χ2n) is 7.70. The monoisotopic (exact) mass is 443 g/mol. The molecule has 2 amide bonds. The van der Waals surface area contributed by atoms with Crippen molar-refractivity contribution in [2.75, 3.05) is 24.2 Å². The predicted molar refractivity (Wildman–Crippen MR) is 126 cm³/mol. The predicted octanol–water partition coefficient (Wildman–Crippen LogP) is 2.17. The van der Waals surface area contributed by atoms with Crippen molar-refractivity contribution in [3.63, 3.8) is 0 Å². The number of rotatable bonds is 6. The molecule has 0 bridgehead atoms. The zero-order valence-electron chi connectivity index (χ0n) is 18.3. The number of nitrogens with zero attached hydrogens (tertiary/aromatic N) is 4. The molecule has 1 aromatic carbocycles. The Morgan fingerprint density at radius 2 is 2.00 bits per heavy atom. The van der Waals surface area contributed by atoms with Gasteiger partial charge in [-0.1, -0.05) is 24.1 Å². The van der Waals surface area contributed by atoms with Crippen molar-refractivity contribution in [3.05, 3.63) is 65.7 Å². The van der Waals surface area contributed by atoms with E-state index in [1.165, 1.54) is 4.68 Å². The summed E-state index contributed by atoms with van der Waals surface area (Å²) in [4.78, 5) is 35.8. The summed E-state index contributed by atoms with van der Waals surface area (Å²) in [6.07, 6.45) is 3.46. The number of primary amides is 1. The van der Waals surface area contributed by atoms with Crippen molar-refractivity contribution < 1.29 is 9.59 Å². The smallest absolute Gasteiger partial charge is 0.269 e. The van der Waals surface area contributed by atoms with Gasteiger partial charge in [0.1, 0.15) is 17.3 Å². The molecule has 3 heterocycles. The van der Waals surface area contributed by atoms with E-state index in [1.807, 2.05) is 0 Å². The van der Waals surface area contributed by atoms with Crippen molar-refractivity contribution >= 4 is 17.6 Å². The van der Waals surface area contributed by atoms with Crippen LogP contribution in [0.5, 0.6) is 0 Å². The summed E-state index contributed by atoms with van der Waals surface area (Å²) in [5.41, 5.74) is 7.26. The number of hydrogen-bond acceptors (Lipinski definition) is 6. The number of nitrogens with one attached hydrogen (secondary N) is 1. The molecule has 1 atom stereocenters. The quantitative estimate of drug-likeness (QED) is 0.395. The molecule has 9 nitrogen and oxygen atoms in total. The van der Waals surface area contributed by atoms with Crippen molar-refractivity contribution in [3.8, 4) is 23.1 Å². The van der Waals surface area contributed by atoms with Crippen molar-refractivity contribution in [1.29, 1.82) is 0 Å². The molecule has 0 radical (unpaired) electrons. The van der Waals surface area contributed by atoms with Crippen LogP contribution in [0, 0.1) is 11.8 Å². The molecule has 2 aromatic heterocycles. The maximum absolute atomic E-state index is 12.5. The first-order chi connectivity index (χ1) is 16.0. The number of amides is 2. The lowest BCUT2D eigenvalue weighted by atomic mass is 10.1. The highest BCUT2D eigenvalue weighted by Gasteiger charge is 2.32. The standard InChI is InChI=1S/C24H25N7O2/c1-2-3-14-30-15-6-7-18(30)23-29-20(21(22(25)32)31(23)26)16-9-11-17(12-10-16)24(33)28-19-8-4-5-13-27-19/h4-5,8-13,18H,6-7,14-15,26H2,1H3,(H2,25,32)(H,27,28,33)/t18-/m0/s1. The maximum Gasteiger partial charge on any atom is 0.269 e. The molecule has 1 aliphatic heterocycles. The summed E-state index contributed by atoms with van der Waals surface area (Å²) in [6, 6.07) is 12.0. The SMILES string of the molecule is CC#CCN1CCC[C@H]1c1nc(-c2ccc(C(=O)Nc3ccccn3)cc2)c(C(N)=O)n1N. The number of hydrogen-bond donors (Lipinski definition) is 3. The Morgan fingerprint density at radius 3 is 2.67 bits per heavy atom. The molecule has 9 heteroatoms. The van der Waals surface area contributed by atoms with Gasteiger partial charge in [-0.05, 0) is 50.6 Å². The van der Waals surface area contributed by atoms with E-state index in [0.717, 1.165) is 19.4 Å². The van der Waals surface area contributed by atoms with E-state index in [0.29, 0.717) is 35.0 Å². The van der Waals surface area contributed by atoms with E-state index in [4.69, 9.17) is 16.6 Å². The Morgan fingerprint density at radius 1 is 1.21 bits per heavy atom. The molecule has 168 valence electrons. The molecule has 33 heavy (non-hydrogen) atoms. The van der Waals surface area contributed by atoms with E-state index in [9.17, 15) is 9.59 Å². The highest BCUT2D eigenvalue weighted by Crippen LogP contribution is 2.33. The van der Waals surface area contributed by atoms with Crippen LogP contribution >= 0.6 is 0 Å². The molecule has 0 aliphatic carbocycles. The topological polar surface area (TPSA) is 132 Å². The minimum atomic E-state index is -0.666. The van der Waals surface area contributed by atoms with Gasteiger partial charge >= 0.3 is 0 Å². The molecule has 0 unspecified atom stereocenters. The van der Waals surface area contributed by atoms with Crippen LogP contribution in [-0.2, 0) is 0 Å². The van der Waals surface area contributed by atoms with Gasteiger partial charge in [-0.2, -0.15) is 0 Å². The third-order valence-corrected chi connectivity index (χ3v) is 5.62. The fourth-order valence-corrected chi connectivity index (χ4v) is 4.01. The van der Waals surface area contributed by atoms with Crippen molar-refractivity contribution in [2.45, 2.75) is 25.8 Å². The van der Waals surface area contributed by atoms with Gasteiger partial charge < -0.3 is 16.9 Å². The average Bonchev–Trinajstić information content (AvgIpc) is 3.42. The summed E-state index contributed by atoms with van der Waals surface area (Å²) in [5, 5.41) is 2.74. The number of benzene rings is 1. The highest BCUT2D eigenvalue weighted by atomic mass is 16.2. The first-order valence-electron chi connectivity index (χ1n) is 10.6. The zero-order valence-corrected chi connectivity index (χ0v) is 18.3. The van der Waals surface area contributed by atoms with Gasteiger partial charge in [-0.25, -0.2) is 14.6 Å². The summed E-state index contributed by atoms with van der Waals surface area (Å²) in [7, 11) is 0. The Kier molecular flexibility index (Phi) is 6.38. The van der Waals surface area contributed by atoms with E-state index in [1.54, 1.807) is 55.6 Å². The minimum Gasteiger partial charge on any atom is -0.364 e. The first kappa shape index (κ1) is 22.0. The lowest BCUT2D eigenvalue weighted by Crippen LogP contribution is -2.30. The molecule has 3 aromatic rings. The van der Waals surface area contributed by atoms with E-state index in [2.05, 4.69) is 27.0 Å². The third kappa shape index (κ3) is 4.56. The van der Waals surface area contributed by atoms with Crippen LogP contribution < -0.4 is 16.9 Å². The largest absolute Gasteiger partial charge is 0.364 e. The number of imidazole rings is 1. The number of pyridine rings is 1. The van der Waals surface area contributed by atoms with Gasteiger partial charge in [0.15, 0.2) is 5.69 Å². The summed E-state index contributed by atoms with van der Waals surface area (Å²) in [5.74, 6) is 12.4. The van der Waals surface area contributed by atoms with Crippen LogP contribution in [0.3, 0.4) is 0 Å². The van der Waals surface area contributed by atoms with Crippen LogP contribution in [0.2, 0.25) is 0 Å².